The molecule has 0 spiro atoms. The minimum absolute atomic E-state index is 0.162. The fraction of sp³-hybridized carbons (Fsp3) is 0.0909. The molecule has 0 aliphatic heterocycles. The summed E-state index contributed by atoms with van der Waals surface area (Å²) in [5, 5.41) is 5.50. The number of carbonyl (C=O) groups excluding carboxylic acids is 2. The molecule has 3 rings (SSSR count). The van der Waals surface area contributed by atoms with E-state index >= 15 is 0 Å². The average molecular weight is 360 g/mol. The number of ether oxygens (including phenoxy) is 1. The molecule has 0 atom stereocenters. The molecule has 5 heteroatoms. The van der Waals surface area contributed by atoms with Crippen molar-refractivity contribution in [3.05, 3.63) is 90.0 Å². The Bertz CT molecular complexity index is 922. The van der Waals surface area contributed by atoms with Crippen LogP contribution in [0.5, 0.6) is 5.75 Å². The lowest BCUT2D eigenvalue weighted by atomic mass is 10.2. The lowest BCUT2D eigenvalue weighted by Gasteiger charge is -2.09. The van der Waals surface area contributed by atoms with E-state index in [2.05, 4.69) is 10.6 Å². The Labute approximate surface area is 158 Å². The Hall–Kier alpha value is -3.60. The van der Waals surface area contributed by atoms with Gasteiger partial charge in [-0.2, -0.15) is 0 Å². The standard InChI is InChI=1S/C22H20N2O3/c1-16(25)23-19-8-5-9-20(14-19)24-22(26)18-10-12-21(13-11-18)27-15-17-6-3-2-4-7-17/h2-14H,15H2,1H3,(H,23,25)(H,24,26). The first-order chi connectivity index (χ1) is 13.1. The molecule has 136 valence electrons. The zero-order valence-electron chi connectivity index (χ0n) is 14.9. The molecular formula is C22H20N2O3. The highest BCUT2D eigenvalue weighted by atomic mass is 16.5. The van der Waals surface area contributed by atoms with Crippen molar-refractivity contribution in [2.75, 3.05) is 10.6 Å². The fourth-order valence-electron chi connectivity index (χ4n) is 2.52. The highest BCUT2D eigenvalue weighted by Crippen LogP contribution is 2.18. The normalized spacial score (nSPS) is 10.1. The molecule has 0 unspecified atom stereocenters. The summed E-state index contributed by atoms with van der Waals surface area (Å²) in [7, 11) is 0. The van der Waals surface area contributed by atoms with E-state index in [9.17, 15) is 9.59 Å². The predicted octanol–water partition coefficient (Wildman–Crippen LogP) is 4.48. The van der Waals surface area contributed by atoms with Crippen molar-refractivity contribution in [2.24, 2.45) is 0 Å². The maximum absolute atomic E-state index is 12.4. The SMILES string of the molecule is CC(=O)Nc1cccc(NC(=O)c2ccc(OCc3ccccc3)cc2)c1. The summed E-state index contributed by atoms with van der Waals surface area (Å²) in [6.07, 6.45) is 0. The number of nitrogens with one attached hydrogen (secondary N) is 2. The third-order valence-corrected chi connectivity index (χ3v) is 3.81. The van der Waals surface area contributed by atoms with Crippen molar-refractivity contribution >= 4 is 23.2 Å². The van der Waals surface area contributed by atoms with E-state index in [0.29, 0.717) is 29.3 Å². The summed E-state index contributed by atoms with van der Waals surface area (Å²) in [4.78, 5) is 23.5. The monoisotopic (exact) mass is 360 g/mol. The first kappa shape index (κ1) is 18.2. The average Bonchev–Trinajstić information content (AvgIpc) is 2.67. The van der Waals surface area contributed by atoms with Gasteiger partial charge in [0.2, 0.25) is 5.91 Å². The van der Waals surface area contributed by atoms with Crippen molar-refractivity contribution in [1.82, 2.24) is 0 Å². The number of amides is 2. The highest BCUT2D eigenvalue weighted by Gasteiger charge is 2.07. The summed E-state index contributed by atoms with van der Waals surface area (Å²) in [5.74, 6) is 0.303. The minimum Gasteiger partial charge on any atom is -0.489 e. The van der Waals surface area contributed by atoms with Crippen LogP contribution in [-0.4, -0.2) is 11.8 Å². The fourth-order valence-corrected chi connectivity index (χ4v) is 2.52. The Balaban J connectivity index is 1.59. The zero-order valence-corrected chi connectivity index (χ0v) is 14.9. The van der Waals surface area contributed by atoms with Gasteiger partial charge < -0.3 is 15.4 Å². The van der Waals surface area contributed by atoms with Gasteiger partial charge in [0, 0.05) is 23.9 Å². The van der Waals surface area contributed by atoms with Crippen molar-refractivity contribution < 1.29 is 14.3 Å². The van der Waals surface area contributed by atoms with Crippen LogP contribution in [0.3, 0.4) is 0 Å². The summed E-state index contributed by atoms with van der Waals surface area (Å²) in [6.45, 7) is 1.91. The van der Waals surface area contributed by atoms with Crippen LogP contribution in [-0.2, 0) is 11.4 Å². The molecule has 2 N–H and O–H groups in total. The lowest BCUT2D eigenvalue weighted by Crippen LogP contribution is -2.12. The maximum Gasteiger partial charge on any atom is 0.255 e. The van der Waals surface area contributed by atoms with Gasteiger partial charge in [0.25, 0.3) is 5.91 Å². The van der Waals surface area contributed by atoms with Crippen molar-refractivity contribution in [1.29, 1.82) is 0 Å². The van der Waals surface area contributed by atoms with E-state index in [-0.39, 0.29) is 11.8 Å². The van der Waals surface area contributed by atoms with Crippen LogP contribution in [0.15, 0.2) is 78.9 Å². The maximum atomic E-state index is 12.4. The molecule has 0 fully saturated rings. The number of hydrogen-bond donors (Lipinski definition) is 2. The van der Waals surface area contributed by atoms with Gasteiger partial charge in [0.05, 0.1) is 0 Å². The Morgan fingerprint density at radius 2 is 1.48 bits per heavy atom. The Kier molecular flexibility index (Phi) is 5.84. The molecule has 5 nitrogen and oxygen atoms in total. The van der Waals surface area contributed by atoms with Gasteiger partial charge in [-0.3, -0.25) is 9.59 Å². The Morgan fingerprint density at radius 3 is 2.15 bits per heavy atom. The molecule has 0 radical (unpaired) electrons. The minimum atomic E-state index is -0.232. The molecule has 0 aliphatic carbocycles. The van der Waals surface area contributed by atoms with E-state index in [1.165, 1.54) is 6.92 Å². The largest absolute Gasteiger partial charge is 0.489 e. The third kappa shape index (κ3) is 5.44. The summed E-state index contributed by atoms with van der Waals surface area (Å²) < 4.78 is 5.73. The number of benzene rings is 3. The second kappa shape index (κ2) is 8.67. The van der Waals surface area contributed by atoms with Crippen molar-refractivity contribution in [3.63, 3.8) is 0 Å². The van der Waals surface area contributed by atoms with Crippen LogP contribution >= 0.6 is 0 Å². The highest BCUT2D eigenvalue weighted by molar-refractivity contribution is 6.04. The molecule has 0 heterocycles. The molecule has 3 aromatic rings. The van der Waals surface area contributed by atoms with Gasteiger partial charge >= 0.3 is 0 Å². The predicted molar refractivity (Wildman–Crippen MR) is 106 cm³/mol. The molecular weight excluding hydrogens is 340 g/mol. The molecule has 0 aliphatic rings. The van der Waals surface area contributed by atoms with Crippen LogP contribution in [0.4, 0.5) is 11.4 Å². The molecule has 0 saturated heterocycles. The van der Waals surface area contributed by atoms with E-state index in [0.717, 1.165) is 5.56 Å². The zero-order chi connectivity index (χ0) is 19.1. The van der Waals surface area contributed by atoms with E-state index < -0.39 is 0 Å². The first-order valence-electron chi connectivity index (χ1n) is 8.56. The van der Waals surface area contributed by atoms with E-state index in [1.54, 1.807) is 48.5 Å². The van der Waals surface area contributed by atoms with Crippen LogP contribution in [0.25, 0.3) is 0 Å². The topological polar surface area (TPSA) is 67.4 Å². The van der Waals surface area contributed by atoms with Gasteiger partial charge in [-0.15, -0.1) is 0 Å². The van der Waals surface area contributed by atoms with Gasteiger partial charge in [-0.25, -0.2) is 0 Å². The first-order valence-corrected chi connectivity index (χ1v) is 8.56. The molecule has 0 bridgehead atoms. The van der Waals surface area contributed by atoms with Gasteiger partial charge in [-0.1, -0.05) is 36.4 Å². The van der Waals surface area contributed by atoms with Crippen molar-refractivity contribution in [2.45, 2.75) is 13.5 Å². The lowest BCUT2D eigenvalue weighted by molar-refractivity contribution is -0.114. The Morgan fingerprint density at radius 1 is 0.815 bits per heavy atom. The second-order valence-electron chi connectivity index (χ2n) is 6.01. The molecule has 27 heavy (non-hydrogen) atoms. The van der Waals surface area contributed by atoms with Crippen LogP contribution in [0.2, 0.25) is 0 Å². The quantitative estimate of drug-likeness (QED) is 0.681. The van der Waals surface area contributed by atoms with Crippen LogP contribution in [0.1, 0.15) is 22.8 Å². The van der Waals surface area contributed by atoms with E-state index in [4.69, 9.17) is 4.74 Å². The second-order valence-corrected chi connectivity index (χ2v) is 6.01. The molecule has 2 amide bonds. The molecule has 3 aromatic carbocycles. The summed E-state index contributed by atoms with van der Waals surface area (Å²) >= 11 is 0. The summed E-state index contributed by atoms with van der Waals surface area (Å²) in [5.41, 5.74) is 2.84. The van der Waals surface area contributed by atoms with E-state index in [1.807, 2.05) is 30.3 Å². The number of anilines is 2. The van der Waals surface area contributed by atoms with Gasteiger partial charge in [-0.05, 0) is 48.0 Å². The molecule has 0 saturated carbocycles. The number of carbonyl (C=O) groups is 2. The number of hydrogen-bond acceptors (Lipinski definition) is 3. The molecule has 0 aromatic heterocycles. The van der Waals surface area contributed by atoms with Gasteiger partial charge in [0.15, 0.2) is 0 Å². The van der Waals surface area contributed by atoms with Crippen LogP contribution in [0, 0.1) is 0 Å². The number of rotatable bonds is 6. The summed E-state index contributed by atoms with van der Waals surface area (Å²) in [6, 6.07) is 23.9. The third-order valence-electron chi connectivity index (χ3n) is 3.81. The smallest absolute Gasteiger partial charge is 0.255 e. The van der Waals surface area contributed by atoms with Crippen molar-refractivity contribution in [3.8, 4) is 5.75 Å². The van der Waals surface area contributed by atoms with Crippen LogP contribution < -0.4 is 15.4 Å². The van der Waals surface area contributed by atoms with Gasteiger partial charge in [0.1, 0.15) is 12.4 Å².